The number of hydrogen-bond acceptors (Lipinski definition) is 6. The van der Waals surface area contributed by atoms with Crippen LogP contribution >= 0.6 is 0 Å². The third kappa shape index (κ3) is 3.19. The lowest BCUT2D eigenvalue weighted by atomic mass is 10.1. The van der Waals surface area contributed by atoms with Crippen molar-refractivity contribution in [2.24, 2.45) is 5.84 Å². The van der Waals surface area contributed by atoms with Gasteiger partial charge in [-0.05, 0) is 25.0 Å². The quantitative estimate of drug-likeness (QED) is 0.412. The van der Waals surface area contributed by atoms with E-state index >= 15 is 0 Å². The van der Waals surface area contributed by atoms with E-state index < -0.39 is 16.1 Å². The van der Waals surface area contributed by atoms with E-state index in [1.165, 1.54) is 18.3 Å². The SMILES string of the molecule is NNc1ccc(S(=O)(=O)NC2CCCNC2=O)cn1. The molecule has 1 atom stereocenters. The van der Waals surface area contributed by atoms with E-state index in [4.69, 9.17) is 5.84 Å². The van der Waals surface area contributed by atoms with Gasteiger partial charge in [0.05, 0.1) is 0 Å². The standard InChI is InChI=1S/C10H15N5O3S/c11-14-9-4-3-7(6-13-9)19(17,18)15-8-2-1-5-12-10(8)16/h3-4,6,8,15H,1-2,5,11H2,(H,12,16)(H,13,14). The van der Waals surface area contributed by atoms with Crippen molar-refractivity contribution in [1.29, 1.82) is 0 Å². The van der Waals surface area contributed by atoms with E-state index in [9.17, 15) is 13.2 Å². The molecule has 1 fully saturated rings. The molecule has 0 radical (unpaired) electrons. The molecule has 0 aromatic carbocycles. The Kier molecular flexibility index (Phi) is 3.98. The number of nitrogens with two attached hydrogens (primary N) is 1. The van der Waals surface area contributed by atoms with Crippen molar-refractivity contribution in [3.8, 4) is 0 Å². The zero-order chi connectivity index (χ0) is 13.9. The molecule has 1 aliphatic rings. The highest BCUT2D eigenvalue weighted by Gasteiger charge is 2.27. The van der Waals surface area contributed by atoms with E-state index in [2.05, 4.69) is 20.4 Å². The maximum atomic E-state index is 12.1. The Hall–Kier alpha value is -1.71. The molecule has 0 spiro atoms. The summed E-state index contributed by atoms with van der Waals surface area (Å²) in [5, 5.41) is 2.62. The number of nitrogens with zero attached hydrogens (tertiary/aromatic N) is 1. The van der Waals surface area contributed by atoms with Crippen LogP contribution in [0.1, 0.15) is 12.8 Å². The number of nitrogens with one attached hydrogen (secondary N) is 3. The number of carbonyl (C=O) groups is 1. The number of nitrogen functional groups attached to an aromatic ring is 1. The summed E-state index contributed by atoms with van der Waals surface area (Å²) in [5.41, 5.74) is 2.30. The van der Waals surface area contributed by atoms with Crippen molar-refractivity contribution in [3.63, 3.8) is 0 Å². The maximum absolute atomic E-state index is 12.1. The van der Waals surface area contributed by atoms with Crippen LogP contribution in [0.15, 0.2) is 23.2 Å². The largest absolute Gasteiger partial charge is 0.355 e. The lowest BCUT2D eigenvalue weighted by Crippen LogP contribution is -2.50. The van der Waals surface area contributed by atoms with Gasteiger partial charge in [0.2, 0.25) is 15.9 Å². The number of aromatic nitrogens is 1. The molecule has 1 aromatic heterocycles. The van der Waals surface area contributed by atoms with Crippen molar-refractivity contribution in [3.05, 3.63) is 18.3 Å². The first-order chi connectivity index (χ1) is 9.03. The lowest BCUT2D eigenvalue weighted by Gasteiger charge is -2.22. The fraction of sp³-hybridized carbons (Fsp3) is 0.400. The monoisotopic (exact) mass is 285 g/mol. The first kappa shape index (κ1) is 13.7. The number of carbonyl (C=O) groups excluding carboxylic acids is 1. The first-order valence-electron chi connectivity index (χ1n) is 5.75. The van der Waals surface area contributed by atoms with Crippen molar-refractivity contribution < 1.29 is 13.2 Å². The number of sulfonamides is 1. The molecule has 8 nitrogen and oxygen atoms in total. The van der Waals surface area contributed by atoms with Crippen LogP contribution in [0.3, 0.4) is 0 Å². The fourth-order valence-corrected chi connectivity index (χ4v) is 2.94. The number of hydrogen-bond donors (Lipinski definition) is 4. The van der Waals surface area contributed by atoms with Crippen LogP contribution in [0.4, 0.5) is 5.82 Å². The topological polar surface area (TPSA) is 126 Å². The predicted octanol–water partition coefficient (Wildman–Crippen LogP) is -1.08. The Morgan fingerprint density at radius 2 is 2.21 bits per heavy atom. The van der Waals surface area contributed by atoms with Crippen molar-refractivity contribution >= 4 is 21.7 Å². The Morgan fingerprint density at radius 3 is 2.79 bits per heavy atom. The minimum absolute atomic E-state index is 0.00938. The molecule has 5 N–H and O–H groups in total. The van der Waals surface area contributed by atoms with Crippen LogP contribution in [0, 0.1) is 0 Å². The highest BCUT2D eigenvalue weighted by atomic mass is 32.2. The molecule has 2 heterocycles. The maximum Gasteiger partial charge on any atom is 0.242 e. The Labute approximate surface area is 110 Å². The van der Waals surface area contributed by atoms with E-state index in [0.717, 1.165) is 6.42 Å². The smallest absolute Gasteiger partial charge is 0.242 e. The summed E-state index contributed by atoms with van der Waals surface area (Å²) in [6, 6.07) is 2.08. The van der Waals surface area contributed by atoms with Crippen molar-refractivity contribution in [2.75, 3.05) is 12.0 Å². The van der Waals surface area contributed by atoms with Crippen LogP contribution in [-0.2, 0) is 14.8 Å². The molecule has 0 saturated carbocycles. The number of anilines is 1. The van der Waals surface area contributed by atoms with E-state index in [1.807, 2.05) is 0 Å². The van der Waals surface area contributed by atoms with Gasteiger partial charge in [-0.25, -0.2) is 19.2 Å². The summed E-state index contributed by atoms with van der Waals surface area (Å²) in [4.78, 5) is 15.3. The van der Waals surface area contributed by atoms with Crippen molar-refractivity contribution in [1.82, 2.24) is 15.0 Å². The number of piperidine rings is 1. The van der Waals surface area contributed by atoms with Gasteiger partial charge in [-0.2, -0.15) is 4.72 Å². The van der Waals surface area contributed by atoms with E-state index in [0.29, 0.717) is 18.8 Å². The van der Waals surface area contributed by atoms with Crippen molar-refractivity contribution in [2.45, 2.75) is 23.8 Å². The number of hydrazine groups is 1. The molecule has 2 rings (SSSR count). The van der Waals surface area contributed by atoms with Gasteiger partial charge in [0, 0.05) is 12.7 Å². The van der Waals surface area contributed by atoms with Gasteiger partial charge in [0.15, 0.2) is 0 Å². The summed E-state index contributed by atoms with van der Waals surface area (Å²) in [7, 11) is -3.76. The average Bonchev–Trinajstić information content (AvgIpc) is 2.41. The molecule has 104 valence electrons. The summed E-state index contributed by atoms with van der Waals surface area (Å²) < 4.78 is 26.5. The van der Waals surface area contributed by atoms with Crippen LogP contribution in [0.25, 0.3) is 0 Å². The Balaban J connectivity index is 2.14. The van der Waals surface area contributed by atoms with Crippen LogP contribution < -0.4 is 21.3 Å². The molecule has 0 aliphatic carbocycles. The number of pyridine rings is 1. The summed E-state index contributed by atoms with van der Waals surface area (Å²) in [6.45, 7) is 0.579. The molecule has 1 saturated heterocycles. The van der Waals surface area contributed by atoms with Gasteiger partial charge in [0.1, 0.15) is 16.8 Å². The molecule has 1 aliphatic heterocycles. The highest BCUT2D eigenvalue weighted by Crippen LogP contribution is 2.12. The zero-order valence-corrected chi connectivity index (χ0v) is 10.9. The van der Waals surface area contributed by atoms with Crippen LogP contribution in [0.5, 0.6) is 0 Å². The zero-order valence-electron chi connectivity index (χ0n) is 10.1. The fourth-order valence-electron chi connectivity index (χ4n) is 1.76. The highest BCUT2D eigenvalue weighted by molar-refractivity contribution is 7.89. The third-order valence-electron chi connectivity index (χ3n) is 2.78. The van der Waals surface area contributed by atoms with Gasteiger partial charge < -0.3 is 10.7 Å². The molecular formula is C10H15N5O3S. The second-order valence-electron chi connectivity index (χ2n) is 4.13. The van der Waals surface area contributed by atoms with E-state index in [1.54, 1.807) is 0 Å². The third-order valence-corrected chi connectivity index (χ3v) is 4.23. The summed E-state index contributed by atoms with van der Waals surface area (Å²) in [5.74, 6) is 5.20. The van der Waals surface area contributed by atoms with E-state index in [-0.39, 0.29) is 10.8 Å². The molecule has 1 unspecified atom stereocenters. The second-order valence-corrected chi connectivity index (χ2v) is 5.84. The van der Waals surface area contributed by atoms with Crippen LogP contribution in [0.2, 0.25) is 0 Å². The number of rotatable bonds is 4. The number of amides is 1. The molecular weight excluding hydrogens is 270 g/mol. The van der Waals surface area contributed by atoms with Gasteiger partial charge in [-0.1, -0.05) is 0 Å². The summed E-state index contributed by atoms with van der Waals surface area (Å²) >= 11 is 0. The molecule has 1 aromatic rings. The molecule has 9 heteroatoms. The van der Waals surface area contributed by atoms with Gasteiger partial charge in [-0.15, -0.1) is 0 Å². The normalized spacial score (nSPS) is 19.8. The molecule has 19 heavy (non-hydrogen) atoms. The van der Waals surface area contributed by atoms with Crippen LogP contribution in [-0.4, -0.2) is 31.9 Å². The Bertz CT molecular complexity index is 557. The molecule has 0 bridgehead atoms. The van der Waals surface area contributed by atoms with Gasteiger partial charge in [0.25, 0.3) is 0 Å². The lowest BCUT2D eigenvalue weighted by molar-refractivity contribution is -0.124. The first-order valence-corrected chi connectivity index (χ1v) is 7.24. The second kappa shape index (κ2) is 5.51. The minimum Gasteiger partial charge on any atom is -0.355 e. The molecule has 1 amide bonds. The average molecular weight is 285 g/mol. The Morgan fingerprint density at radius 1 is 1.42 bits per heavy atom. The van der Waals surface area contributed by atoms with Gasteiger partial charge >= 0.3 is 0 Å². The summed E-state index contributed by atoms with van der Waals surface area (Å²) in [6.07, 6.45) is 2.41. The minimum atomic E-state index is -3.76. The van der Waals surface area contributed by atoms with Gasteiger partial charge in [-0.3, -0.25) is 4.79 Å². The predicted molar refractivity (Wildman–Crippen MR) is 68.4 cm³/mol.